The highest BCUT2D eigenvalue weighted by molar-refractivity contribution is 6.32. The maximum atomic E-state index is 8.69. The number of unbranched alkanes of at least 4 members (excludes halogenated alkanes) is 2. The minimum Gasteiger partial charge on any atom is -0.396 e. The summed E-state index contributed by atoms with van der Waals surface area (Å²) in [6, 6.07) is 0. The van der Waals surface area contributed by atoms with E-state index in [4.69, 9.17) is 22.4 Å². The van der Waals surface area contributed by atoms with E-state index in [1.165, 1.54) is 0 Å². The van der Waals surface area contributed by atoms with Gasteiger partial charge in [0, 0.05) is 19.1 Å². The third-order valence-corrected chi connectivity index (χ3v) is 3.27. The van der Waals surface area contributed by atoms with Crippen molar-refractivity contribution in [2.75, 3.05) is 24.2 Å². The summed E-state index contributed by atoms with van der Waals surface area (Å²) in [7, 11) is 0. The van der Waals surface area contributed by atoms with Crippen molar-refractivity contribution in [1.29, 1.82) is 0 Å². The third-order valence-electron chi connectivity index (χ3n) is 2.99. The lowest BCUT2D eigenvalue weighted by Crippen LogP contribution is -2.09. The highest BCUT2D eigenvalue weighted by Gasteiger charge is 2.28. The first kappa shape index (κ1) is 13.4. The van der Waals surface area contributed by atoms with Crippen LogP contribution in [0.1, 0.15) is 43.8 Å². The Morgan fingerprint density at radius 3 is 2.72 bits per heavy atom. The smallest absolute Gasteiger partial charge is 0.157 e. The fourth-order valence-corrected chi connectivity index (χ4v) is 1.91. The van der Waals surface area contributed by atoms with E-state index in [9.17, 15) is 0 Å². The molecular weight excluding hydrogens is 252 g/mol. The van der Waals surface area contributed by atoms with Gasteiger partial charge in [0.05, 0.1) is 0 Å². The fraction of sp³-hybridized carbons (Fsp3) is 0.667. The lowest BCUT2D eigenvalue weighted by Gasteiger charge is -2.10. The molecule has 6 heteroatoms. The second-order valence-electron chi connectivity index (χ2n) is 4.62. The first-order valence-electron chi connectivity index (χ1n) is 6.40. The van der Waals surface area contributed by atoms with Gasteiger partial charge in [-0.2, -0.15) is 0 Å². The van der Waals surface area contributed by atoms with Crippen LogP contribution in [0.15, 0.2) is 0 Å². The van der Waals surface area contributed by atoms with E-state index in [2.05, 4.69) is 15.3 Å². The summed E-state index contributed by atoms with van der Waals surface area (Å²) in [5, 5.41) is 12.2. The first-order chi connectivity index (χ1) is 8.72. The molecule has 4 N–H and O–H groups in total. The Labute approximate surface area is 112 Å². The summed E-state index contributed by atoms with van der Waals surface area (Å²) in [6.07, 6.45) is 5.06. The molecule has 1 fully saturated rings. The van der Waals surface area contributed by atoms with Crippen LogP contribution in [0.25, 0.3) is 0 Å². The van der Waals surface area contributed by atoms with Gasteiger partial charge in [0.1, 0.15) is 11.5 Å². The molecule has 0 aliphatic heterocycles. The van der Waals surface area contributed by atoms with E-state index in [1.54, 1.807) is 0 Å². The second-order valence-corrected chi connectivity index (χ2v) is 4.98. The quantitative estimate of drug-likeness (QED) is 0.522. The number of aliphatic hydroxyl groups is 1. The van der Waals surface area contributed by atoms with Crippen LogP contribution in [0.2, 0.25) is 5.15 Å². The monoisotopic (exact) mass is 270 g/mol. The molecule has 0 spiro atoms. The minimum absolute atomic E-state index is 0.243. The third kappa shape index (κ3) is 3.46. The second kappa shape index (κ2) is 6.20. The van der Waals surface area contributed by atoms with Gasteiger partial charge in [0.25, 0.3) is 0 Å². The van der Waals surface area contributed by atoms with Gasteiger partial charge in [-0.25, -0.2) is 9.97 Å². The van der Waals surface area contributed by atoms with Gasteiger partial charge >= 0.3 is 0 Å². The number of anilines is 2. The molecule has 0 amide bonds. The number of rotatable bonds is 7. The Morgan fingerprint density at radius 2 is 2.06 bits per heavy atom. The maximum Gasteiger partial charge on any atom is 0.157 e. The Kier molecular flexibility index (Phi) is 4.60. The molecule has 0 unspecified atom stereocenters. The zero-order valence-corrected chi connectivity index (χ0v) is 11.1. The van der Waals surface area contributed by atoms with Crippen molar-refractivity contribution in [3.63, 3.8) is 0 Å². The molecule has 0 aromatic carbocycles. The van der Waals surface area contributed by atoms with Crippen LogP contribution in [0, 0.1) is 0 Å². The van der Waals surface area contributed by atoms with E-state index in [0.29, 0.717) is 22.6 Å². The number of hydrogen-bond donors (Lipinski definition) is 3. The number of aliphatic hydroxyl groups excluding tert-OH is 1. The average molecular weight is 271 g/mol. The van der Waals surface area contributed by atoms with Crippen molar-refractivity contribution in [2.45, 2.75) is 38.0 Å². The standard InChI is InChI=1S/C12H19ClN4O/c13-10-9(14)12(15-6-2-1-3-7-18)17-11(16-10)8-4-5-8/h8,18H,1-7,14H2,(H,15,16,17). The summed E-state index contributed by atoms with van der Waals surface area (Å²) in [5.74, 6) is 1.89. The molecule has 0 bridgehead atoms. The van der Waals surface area contributed by atoms with Crippen LogP contribution in [-0.2, 0) is 0 Å². The molecule has 0 saturated heterocycles. The van der Waals surface area contributed by atoms with Crippen LogP contribution in [0.3, 0.4) is 0 Å². The number of nitrogens with one attached hydrogen (secondary N) is 1. The van der Waals surface area contributed by atoms with Crippen molar-refractivity contribution in [3.8, 4) is 0 Å². The molecule has 18 heavy (non-hydrogen) atoms. The highest BCUT2D eigenvalue weighted by Crippen LogP contribution is 2.40. The molecule has 1 aromatic rings. The van der Waals surface area contributed by atoms with Gasteiger partial charge in [0.15, 0.2) is 11.0 Å². The minimum atomic E-state index is 0.243. The Bertz CT molecular complexity index is 409. The van der Waals surface area contributed by atoms with Crippen molar-refractivity contribution in [1.82, 2.24) is 9.97 Å². The number of aromatic nitrogens is 2. The zero-order valence-electron chi connectivity index (χ0n) is 10.3. The highest BCUT2D eigenvalue weighted by atomic mass is 35.5. The van der Waals surface area contributed by atoms with E-state index >= 15 is 0 Å². The van der Waals surface area contributed by atoms with E-state index in [1.807, 2.05) is 0 Å². The summed E-state index contributed by atoms with van der Waals surface area (Å²) < 4.78 is 0. The average Bonchev–Trinajstić information content (AvgIpc) is 3.18. The molecule has 5 nitrogen and oxygen atoms in total. The van der Waals surface area contributed by atoms with Gasteiger partial charge in [0.2, 0.25) is 0 Å². The number of hydrogen-bond acceptors (Lipinski definition) is 5. The molecule has 1 heterocycles. The SMILES string of the molecule is Nc1c(Cl)nc(C2CC2)nc1NCCCCCO. The maximum absolute atomic E-state index is 8.69. The summed E-state index contributed by atoms with van der Waals surface area (Å²) >= 11 is 6.00. The first-order valence-corrected chi connectivity index (χ1v) is 6.78. The molecular formula is C12H19ClN4O. The van der Waals surface area contributed by atoms with Crippen LogP contribution in [0.4, 0.5) is 11.5 Å². The van der Waals surface area contributed by atoms with Crippen LogP contribution in [0.5, 0.6) is 0 Å². The van der Waals surface area contributed by atoms with Crippen molar-refractivity contribution >= 4 is 23.1 Å². The summed E-state index contributed by atoms with van der Waals surface area (Å²) in [4.78, 5) is 8.64. The lowest BCUT2D eigenvalue weighted by atomic mass is 10.2. The largest absolute Gasteiger partial charge is 0.396 e. The van der Waals surface area contributed by atoms with E-state index in [0.717, 1.165) is 44.5 Å². The predicted molar refractivity (Wildman–Crippen MR) is 72.9 cm³/mol. The van der Waals surface area contributed by atoms with Gasteiger partial charge in [-0.3, -0.25) is 0 Å². The topological polar surface area (TPSA) is 84.1 Å². The van der Waals surface area contributed by atoms with Crippen molar-refractivity contribution in [3.05, 3.63) is 11.0 Å². The normalized spacial score (nSPS) is 14.8. The molecule has 100 valence electrons. The molecule has 1 saturated carbocycles. The molecule has 0 atom stereocenters. The van der Waals surface area contributed by atoms with Gasteiger partial charge < -0.3 is 16.2 Å². The van der Waals surface area contributed by atoms with Gasteiger partial charge in [-0.1, -0.05) is 11.6 Å². The van der Waals surface area contributed by atoms with Crippen LogP contribution < -0.4 is 11.1 Å². The van der Waals surface area contributed by atoms with E-state index < -0.39 is 0 Å². The number of halogens is 1. The number of nitrogen functional groups attached to an aromatic ring is 1. The zero-order chi connectivity index (χ0) is 13.0. The predicted octanol–water partition coefficient (Wildman–Crippen LogP) is 2.16. The van der Waals surface area contributed by atoms with Crippen LogP contribution >= 0.6 is 11.6 Å². The Balaban J connectivity index is 1.93. The number of nitrogens with two attached hydrogens (primary N) is 1. The Morgan fingerprint density at radius 1 is 1.28 bits per heavy atom. The Hall–Kier alpha value is -1.07. The number of nitrogens with zero attached hydrogens (tertiary/aromatic N) is 2. The van der Waals surface area contributed by atoms with Crippen molar-refractivity contribution in [2.24, 2.45) is 0 Å². The molecule has 1 aromatic heterocycles. The molecule has 0 radical (unpaired) electrons. The van der Waals surface area contributed by atoms with Crippen LogP contribution in [-0.4, -0.2) is 28.2 Å². The summed E-state index contributed by atoms with van der Waals surface area (Å²) in [6.45, 7) is 1.02. The fourth-order valence-electron chi connectivity index (χ4n) is 1.74. The lowest BCUT2D eigenvalue weighted by molar-refractivity contribution is 0.283. The molecule has 1 aliphatic carbocycles. The van der Waals surface area contributed by atoms with Crippen molar-refractivity contribution < 1.29 is 5.11 Å². The van der Waals surface area contributed by atoms with Gasteiger partial charge in [-0.15, -0.1) is 0 Å². The summed E-state index contributed by atoms with van der Waals surface area (Å²) in [5.41, 5.74) is 6.27. The van der Waals surface area contributed by atoms with E-state index in [-0.39, 0.29) is 6.61 Å². The molecule has 2 rings (SSSR count). The van der Waals surface area contributed by atoms with Gasteiger partial charge in [-0.05, 0) is 32.1 Å². The molecule has 1 aliphatic rings.